The molecule has 0 amide bonds. The highest BCUT2D eigenvalue weighted by Gasteiger charge is 2.10. The Kier molecular flexibility index (Phi) is 2.67. The first kappa shape index (κ1) is 10.3. The van der Waals surface area contributed by atoms with E-state index in [1.54, 1.807) is 15.9 Å². The summed E-state index contributed by atoms with van der Waals surface area (Å²) in [6, 6.07) is 3.86. The van der Waals surface area contributed by atoms with Crippen molar-refractivity contribution in [2.45, 2.75) is 13.5 Å². The fraction of sp³-hybridized carbons (Fsp3) is 0.200. The first-order valence-corrected chi connectivity index (χ1v) is 5.39. The maximum atomic E-state index is 8.92. The van der Waals surface area contributed by atoms with Crippen molar-refractivity contribution in [2.24, 2.45) is 0 Å². The lowest BCUT2D eigenvalue weighted by Gasteiger charge is -1.99. The van der Waals surface area contributed by atoms with Crippen LogP contribution in [0.25, 0.3) is 0 Å². The highest BCUT2D eigenvalue weighted by molar-refractivity contribution is 7.09. The molecule has 0 saturated carbocycles. The molecule has 0 aromatic carbocycles. The van der Waals surface area contributed by atoms with Crippen molar-refractivity contribution in [3.8, 4) is 12.1 Å². The molecule has 0 radical (unpaired) electrons. The van der Waals surface area contributed by atoms with Gasteiger partial charge in [0.25, 0.3) is 0 Å². The number of thiazole rings is 1. The van der Waals surface area contributed by atoms with Gasteiger partial charge in [0.2, 0.25) is 0 Å². The van der Waals surface area contributed by atoms with E-state index in [1.165, 1.54) is 6.33 Å². The Morgan fingerprint density at radius 1 is 1.44 bits per heavy atom. The summed E-state index contributed by atoms with van der Waals surface area (Å²) >= 11 is 1.56. The van der Waals surface area contributed by atoms with Crippen molar-refractivity contribution in [1.82, 2.24) is 14.5 Å². The zero-order chi connectivity index (χ0) is 11.5. The average molecular weight is 229 g/mol. The van der Waals surface area contributed by atoms with Gasteiger partial charge in [-0.1, -0.05) is 0 Å². The Morgan fingerprint density at radius 3 is 2.81 bits per heavy atom. The van der Waals surface area contributed by atoms with E-state index in [0.29, 0.717) is 6.54 Å². The fourth-order valence-electron chi connectivity index (χ4n) is 1.36. The van der Waals surface area contributed by atoms with E-state index < -0.39 is 0 Å². The topological polar surface area (TPSA) is 78.3 Å². The van der Waals surface area contributed by atoms with Gasteiger partial charge in [-0.2, -0.15) is 10.5 Å². The Hall–Kier alpha value is -2.18. The minimum Gasteiger partial charge on any atom is -0.315 e. The van der Waals surface area contributed by atoms with E-state index >= 15 is 0 Å². The minimum absolute atomic E-state index is 0.162. The molecule has 5 nitrogen and oxygen atoms in total. The molecule has 0 atom stereocenters. The van der Waals surface area contributed by atoms with Crippen molar-refractivity contribution >= 4 is 11.3 Å². The zero-order valence-corrected chi connectivity index (χ0v) is 9.32. The molecule has 2 aromatic heterocycles. The number of hydrogen-bond donors (Lipinski definition) is 0. The lowest BCUT2D eigenvalue weighted by molar-refractivity contribution is 0.766. The molecule has 0 unspecified atom stereocenters. The van der Waals surface area contributed by atoms with Crippen LogP contribution >= 0.6 is 11.3 Å². The van der Waals surface area contributed by atoms with E-state index in [9.17, 15) is 0 Å². The quantitative estimate of drug-likeness (QED) is 0.780. The molecule has 2 heterocycles. The lowest BCUT2D eigenvalue weighted by Crippen LogP contribution is -2.01. The molecule has 0 bridgehead atoms. The Labute approximate surface area is 96.2 Å². The van der Waals surface area contributed by atoms with Gasteiger partial charge in [-0.25, -0.2) is 9.97 Å². The lowest BCUT2D eigenvalue weighted by atomic mass is 10.3. The van der Waals surface area contributed by atoms with E-state index in [4.69, 9.17) is 10.5 Å². The van der Waals surface area contributed by atoms with Gasteiger partial charge in [0.05, 0.1) is 23.6 Å². The number of rotatable bonds is 2. The maximum absolute atomic E-state index is 8.92. The standard InChI is InChI=1S/C10H7N5S/c1-7-14-8(5-16-7)4-15-6-13-9(2-11)10(15)3-12/h5-6H,4H2,1H3. The van der Waals surface area contributed by atoms with Crippen LogP contribution in [0.2, 0.25) is 0 Å². The molecule has 2 rings (SSSR count). The van der Waals surface area contributed by atoms with E-state index in [1.807, 2.05) is 24.4 Å². The first-order valence-electron chi connectivity index (χ1n) is 4.51. The van der Waals surface area contributed by atoms with Gasteiger partial charge in [-0.3, -0.25) is 0 Å². The summed E-state index contributed by atoms with van der Waals surface area (Å²) in [6.07, 6.45) is 1.49. The molecule has 0 aliphatic carbocycles. The zero-order valence-electron chi connectivity index (χ0n) is 8.51. The van der Waals surface area contributed by atoms with Crippen LogP contribution in [0.1, 0.15) is 22.1 Å². The van der Waals surface area contributed by atoms with E-state index in [2.05, 4.69) is 9.97 Å². The Morgan fingerprint density at radius 2 is 2.25 bits per heavy atom. The molecule has 0 spiro atoms. The monoisotopic (exact) mass is 229 g/mol. The molecule has 0 aliphatic rings. The molecule has 0 saturated heterocycles. The van der Waals surface area contributed by atoms with Crippen LogP contribution in [-0.2, 0) is 6.54 Å². The molecule has 6 heteroatoms. The van der Waals surface area contributed by atoms with Gasteiger partial charge < -0.3 is 4.57 Å². The summed E-state index contributed by atoms with van der Waals surface area (Å²) in [5.74, 6) is 0. The van der Waals surface area contributed by atoms with Crippen molar-refractivity contribution in [2.75, 3.05) is 0 Å². The maximum Gasteiger partial charge on any atom is 0.176 e. The highest BCUT2D eigenvalue weighted by Crippen LogP contribution is 2.12. The number of nitriles is 2. The van der Waals surface area contributed by atoms with Gasteiger partial charge in [0.1, 0.15) is 12.1 Å². The molecule has 16 heavy (non-hydrogen) atoms. The largest absolute Gasteiger partial charge is 0.315 e. The molecular weight excluding hydrogens is 222 g/mol. The first-order chi connectivity index (χ1) is 7.74. The smallest absolute Gasteiger partial charge is 0.176 e. The van der Waals surface area contributed by atoms with Gasteiger partial charge in [0, 0.05) is 5.38 Å². The predicted octanol–water partition coefficient (Wildman–Crippen LogP) is 1.44. The second kappa shape index (κ2) is 4.13. The molecular formula is C10H7N5S. The van der Waals surface area contributed by atoms with Crippen LogP contribution in [0.15, 0.2) is 11.7 Å². The fourth-order valence-corrected chi connectivity index (χ4v) is 1.96. The highest BCUT2D eigenvalue weighted by atomic mass is 32.1. The van der Waals surface area contributed by atoms with Gasteiger partial charge in [-0.15, -0.1) is 11.3 Å². The summed E-state index contributed by atoms with van der Waals surface area (Å²) in [6.45, 7) is 2.40. The van der Waals surface area contributed by atoms with Crippen LogP contribution in [0.4, 0.5) is 0 Å². The predicted molar refractivity (Wildman–Crippen MR) is 57.6 cm³/mol. The average Bonchev–Trinajstić information content (AvgIpc) is 2.85. The molecule has 2 aromatic rings. The number of hydrogen-bond acceptors (Lipinski definition) is 5. The number of nitrogens with zero attached hydrogens (tertiary/aromatic N) is 5. The molecule has 0 N–H and O–H groups in total. The normalized spacial score (nSPS) is 9.69. The van der Waals surface area contributed by atoms with Crippen molar-refractivity contribution in [3.05, 3.63) is 33.8 Å². The SMILES string of the molecule is Cc1nc(Cn2cnc(C#N)c2C#N)cs1. The third-order valence-corrected chi connectivity index (χ3v) is 2.87. The number of aromatic nitrogens is 3. The summed E-state index contributed by atoms with van der Waals surface area (Å²) in [5.41, 5.74) is 1.32. The third-order valence-electron chi connectivity index (χ3n) is 2.05. The molecule has 0 aliphatic heterocycles. The van der Waals surface area contributed by atoms with Crippen LogP contribution in [0, 0.1) is 29.6 Å². The van der Waals surface area contributed by atoms with Crippen LogP contribution in [-0.4, -0.2) is 14.5 Å². The second-order valence-corrected chi connectivity index (χ2v) is 4.21. The summed E-state index contributed by atoms with van der Waals surface area (Å²) in [4.78, 5) is 8.16. The summed E-state index contributed by atoms with van der Waals surface area (Å²) in [7, 11) is 0. The van der Waals surface area contributed by atoms with Crippen molar-refractivity contribution in [1.29, 1.82) is 10.5 Å². The molecule has 78 valence electrons. The van der Waals surface area contributed by atoms with E-state index in [-0.39, 0.29) is 11.4 Å². The third kappa shape index (κ3) is 1.79. The Bertz CT molecular complexity index is 595. The van der Waals surface area contributed by atoms with Crippen molar-refractivity contribution < 1.29 is 0 Å². The van der Waals surface area contributed by atoms with Crippen LogP contribution in [0.3, 0.4) is 0 Å². The summed E-state index contributed by atoms with van der Waals surface area (Å²) in [5, 5.41) is 20.6. The number of imidazole rings is 1. The Balaban J connectivity index is 2.33. The van der Waals surface area contributed by atoms with Gasteiger partial charge in [-0.05, 0) is 6.92 Å². The minimum atomic E-state index is 0.162. The molecule has 0 fully saturated rings. The summed E-state index contributed by atoms with van der Waals surface area (Å²) < 4.78 is 1.63. The van der Waals surface area contributed by atoms with Crippen LogP contribution in [0.5, 0.6) is 0 Å². The van der Waals surface area contributed by atoms with Gasteiger partial charge >= 0.3 is 0 Å². The van der Waals surface area contributed by atoms with Gasteiger partial charge in [0.15, 0.2) is 11.4 Å². The van der Waals surface area contributed by atoms with Crippen molar-refractivity contribution in [3.63, 3.8) is 0 Å². The second-order valence-electron chi connectivity index (χ2n) is 3.15. The number of aryl methyl sites for hydroxylation is 1. The van der Waals surface area contributed by atoms with Crippen LogP contribution < -0.4 is 0 Å². The van der Waals surface area contributed by atoms with E-state index in [0.717, 1.165) is 10.7 Å².